The lowest BCUT2D eigenvalue weighted by molar-refractivity contribution is -0.123. The highest BCUT2D eigenvalue weighted by molar-refractivity contribution is 5.99. The van der Waals surface area contributed by atoms with Crippen LogP contribution in [0.2, 0.25) is 0 Å². The Kier molecular flexibility index (Phi) is 7.72. The second-order valence-electron chi connectivity index (χ2n) is 11.9. The minimum Gasteiger partial charge on any atom is -0.315 e. The molecule has 7 nitrogen and oxygen atoms in total. The van der Waals surface area contributed by atoms with Crippen LogP contribution in [-0.4, -0.2) is 59.0 Å². The number of ketones is 1. The normalized spacial score (nSPS) is 20.5. The van der Waals surface area contributed by atoms with E-state index in [2.05, 4.69) is 24.8 Å². The lowest BCUT2D eigenvalue weighted by Gasteiger charge is -2.39. The third kappa shape index (κ3) is 5.29. The average Bonchev–Trinajstić information content (AvgIpc) is 3.61. The number of aromatic nitrogens is 3. The molecular formula is C32H41N5O2. The minimum atomic E-state index is -0.176. The third-order valence-corrected chi connectivity index (χ3v) is 8.74. The van der Waals surface area contributed by atoms with Gasteiger partial charge in [0.05, 0.1) is 5.69 Å². The number of carbonyl (C=O) groups is 2. The number of anilines is 1. The molecule has 0 spiro atoms. The molecule has 2 aromatic carbocycles. The predicted octanol–water partition coefficient (Wildman–Crippen LogP) is 5.90. The fourth-order valence-electron chi connectivity index (χ4n) is 6.36. The molecule has 0 bridgehead atoms. The zero-order valence-corrected chi connectivity index (χ0v) is 24.1. The molecule has 2 aliphatic rings. The van der Waals surface area contributed by atoms with E-state index in [1.807, 2.05) is 64.5 Å². The van der Waals surface area contributed by atoms with Crippen LogP contribution in [-0.2, 0) is 4.79 Å². The maximum atomic E-state index is 13.4. The maximum absolute atomic E-state index is 13.4. The molecular weight excluding hydrogens is 486 g/mol. The lowest BCUT2D eigenvalue weighted by atomic mass is 9.73. The van der Waals surface area contributed by atoms with Crippen LogP contribution >= 0.6 is 0 Å². The molecule has 5 rings (SSSR count). The van der Waals surface area contributed by atoms with Gasteiger partial charge in [0.2, 0.25) is 17.5 Å². The Labute approximate surface area is 232 Å². The van der Waals surface area contributed by atoms with Crippen molar-refractivity contribution >= 4 is 17.4 Å². The van der Waals surface area contributed by atoms with Crippen LogP contribution in [0.3, 0.4) is 0 Å². The SMILES string of the molecule is Cc1ccc(-n2nc(C(=O)C(C)CCN(C)C)nc2-c2ccc3c(c2)C(C2CCCC2)[C@H](C)C(=O)N3C)cc1. The monoisotopic (exact) mass is 527 g/mol. The fraction of sp³-hybridized carbons (Fsp3) is 0.500. The molecule has 3 aromatic rings. The number of hydrogen-bond donors (Lipinski definition) is 0. The van der Waals surface area contributed by atoms with E-state index in [-0.39, 0.29) is 35.3 Å². The maximum Gasteiger partial charge on any atom is 0.230 e. The Bertz CT molecular complexity index is 1350. The van der Waals surface area contributed by atoms with Crippen molar-refractivity contribution in [2.75, 3.05) is 32.6 Å². The number of fused-ring (bicyclic) bond motifs is 1. The Morgan fingerprint density at radius 1 is 1.10 bits per heavy atom. The van der Waals surface area contributed by atoms with Gasteiger partial charge in [-0.05, 0) is 88.6 Å². The molecule has 7 heteroatoms. The van der Waals surface area contributed by atoms with Crippen molar-refractivity contribution < 1.29 is 9.59 Å². The Balaban J connectivity index is 1.60. The first-order valence-corrected chi connectivity index (χ1v) is 14.3. The summed E-state index contributed by atoms with van der Waals surface area (Å²) in [6, 6.07) is 14.4. The number of hydrogen-bond acceptors (Lipinski definition) is 5. The van der Waals surface area contributed by atoms with Crippen LogP contribution in [0.1, 0.15) is 73.6 Å². The van der Waals surface area contributed by atoms with Gasteiger partial charge in [-0.3, -0.25) is 9.59 Å². The summed E-state index contributed by atoms with van der Waals surface area (Å²) in [4.78, 5) is 35.3. The van der Waals surface area contributed by atoms with Gasteiger partial charge in [0.1, 0.15) is 0 Å². The largest absolute Gasteiger partial charge is 0.315 e. The number of Topliss-reactive ketones (excluding diaryl/α,β-unsaturated/α-hetero) is 1. The smallest absolute Gasteiger partial charge is 0.230 e. The number of amides is 1. The molecule has 2 heterocycles. The Morgan fingerprint density at radius 2 is 1.79 bits per heavy atom. The molecule has 1 aromatic heterocycles. The summed E-state index contributed by atoms with van der Waals surface area (Å²) in [6.45, 7) is 6.92. The van der Waals surface area contributed by atoms with Crippen LogP contribution < -0.4 is 4.90 Å². The first kappa shape index (κ1) is 27.3. The molecule has 0 saturated heterocycles. The van der Waals surface area contributed by atoms with E-state index in [4.69, 9.17) is 10.1 Å². The minimum absolute atomic E-state index is 0.0373. The van der Waals surface area contributed by atoms with Crippen LogP contribution in [0.5, 0.6) is 0 Å². The second kappa shape index (κ2) is 11.0. The highest BCUT2D eigenvalue weighted by Crippen LogP contribution is 2.49. The molecule has 0 N–H and O–H groups in total. The molecule has 1 aliphatic heterocycles. The van der Waals surface area contributed by atoms with E-state index >= 15 is 0 Å². The van der Waals surface area contributed by atoms with E-state index < -0.39 is 0 Å². The molecule has 3 atom stereocenters. The molecule has 1 amide bonds. The van der Waals surface area contributed by atoms with Crippen molar-refractivity contribution in [3.8, 4) is 17.1 Å². The first-order valence-electron chi connectivity index (χ1n) is 14.3. The molecule has 2 unspecified atom stereocenters. The number of aryl methyl sites for hydroxylation is 1. The van der Waals surface area contributed by atoms with Gasteiger partial charge in [0, 0.05) is 36.1 Å². The third-order valence-electron chi connectivity index (χ3n) is 8.74. The van der Waals surface area contributed by atoms with Gasteiger partial charge in [-0.2, -0.15) is 0 Å². The molecule has 1 saturated carbocycles. The van der Waals surface area contributed by atoms with Crippen molar-refractivity contribution in [3.63, 3.8) is 0 Å². The zero-order valence-electron chi connectivity index (χ0n) is 24.1. The summed E-state index contributed by atoms with van der Waals surface area (Å²) in [6.07, 6.45) is 5.54. The Morgan fingerprint density at radius 3 is 2.46 bits per heavy atom. The van der Waals surface area contributed by atoms with Crippen molar-refractivity contribution in [2.24, 2.45) is 17.8 Å². The quantitative estimate of drug-likeness (QED) is 0.341. The Hall–Kier alpha value is -3.32. The van der Waals surface area contributed by atoms with Gasteiger partial charge < -0.3 is 9.80 Å². The van der Waals surface area contributed by atoms with Crippen LogP contribution in [0.25, 0.3) is 17.1 Å². The van der Waals surface area contributed by atoms with Gasteiger partial charge in [-0.1, -0.05) is 44.4 Å². The summed E-state index contributed by atoms with van der Waals surface area (Å²) < 4.78 is 1.80. The van der Waals surface area contributed by atoms with Gasteiger partial charge in [0.15, 0.2) is 5.82 Å². The predicted molar refractivity (Wildman–Crippen MR) is 155 cm³/mol. The zero-order chi connectivity index (χ0) is 27.8. The van der Waals surface area contributed by atoms with Gasteiger partial charge in [-0.15, -0.1) is 5.10 Å². The molecule has 206 valence electrons. The highest BCUT2D eigenvalue weighted by atomic mass is 16.2. The molecule has 39 heavy (non-hydrogen) atoms. The highest BCUT2D eigenvalue weighted by Gasteiger charge is 2.41. The van der Waals surface area contributed by atoms with E-state index in [0.29, 0.717) is 11.7 Å². The average molecular weight is 528 g/mol. The van der Waals surface area contributed by atoms with E-state index in [9.17, 15) is 9.59 Å². The summed E-state index contributed by atoms with van der Waals surface area (Å²) in [5.74, 6) is 1.52. The van der Waals surface area contributed by atoms with Crippen molar-refractivity contribution in [2.45, 2.75) is 58.8 Å². The number of rotatable bonds is 8. The number of carbonyl (C=O) groups excluding carboxylic acids is 2. The van der Waals surface area contributed by atoms with E-state index in [1.54, 1.807) is 9.58 Å². The molecule has 1 fully saturated rings. The van der Waals surface area contributed by atoms with Crippen LogP contribution in [0, 0.1) is 24.7 Å². The standard InChI is InChI=1S/C32H41N5O2/c1-20-11-14-25(15-12-20)37-31(33-30(34-37)29(38)21(2)17-18-35(4)5)24-13-16-27-26(19-24)28(23-9-7-8-10-23)22(3)32(39)36(27)6/h11-16,19,21-23,28H,7-10,17-18H2,1-6H3/t21?,22-,28?/m0/s1. The lowest BCUT2D eigenvalue weighted by Crippen LogP contribution is -2.41. The summed E-state index contributed by atoms with van der Waals surface area (Å²) in [7, 11) is 5.91. The van der Waals surface area contributed by atoms with Gasteiger partial charge >= 0.3 is 0 Å². The van der Waals surface area contributed by atoms with Gasteiger partial charge in [-0.25, -0.2) is 9.67 Å². The fourth-order valence-corrected chi connectivity index (χ4v) is 6.36. The van der Waals surface area contributed by atoms with E-state index in [0.717, 1.165) is 35.5 Å². The first-order chi connectivity index (χ1) is 18.7. The van der Waals surface area contributed by atoms with Crippen LogP contribution in [0.15, 0.2) is 42.5 Å². The van der Waals surface area contributed by atoms with E-state index in [1.165, 1.54) is 31.2 Å². The molecule has 0 radical (unpaired) electrons. The molecule has 1 aliphatic carbocycles. The van der Waals surface area contributed by atoms with Crippen molar-refractivity contribution in [1.29, 1.82) is 0 Å². The topological polar surface area (TPSA) is 71.3 Å². The van der Waals surface area contributed by atoms with Crippen LogP contribution in [0.4, 0.5) is 5.69 Å². The summed E-state index contributed by atoms with van der Waals surface area (Å²) >= 11 is 0. The van der Waals surface area contributed by atoms with Crippen molar-refractivity contribution in [3.05, 3.63) is 59.4 Å². The number of benzene rings is 2. The van der Waals surface area contributed by atoms with Gasteiger partial charge in [0.25, 0.3) is 0 Å². The number of nitrogens with zero attached hydrogens (tertiary/aromatic N) is 5. The van der Waals surface area contributed by atoms with Crippen molar-refractivity contribution in [1.82, 2.24) is 19.7 Å². The summed E-state index contributed by atoms with van der Waals surface area (Å²) in [5, 5.41) is 4.76. The second-order valence-corrected chi connectivity index (χ2v) is 11.9. The summed E-state index contributed by atoms with van der Waals surface area (Å²) in [5.41, 5.74) is 5.13.